The molecule has 3 heteroatoms. The molecule has 2 nitrogen and oxygen atoms in total. The van der Waals surface area contributed by atoms with E-state index in [1.165, 1.54) is 6.07 Å². The van der Waals surface area contributed by atoms with Gasteiger partial charge in [0.25, 0.3) is 0 Å². The van der Waals surface area contributed by atoms with Crippen LogP contribution in [-0.2, 0) is 6.54 Å². The van der Waals surface area contributed by atoms with Crippen LogP contribution in [0.4, 0.5) is 4.39 Å². The fourth-order valence-corrected chi connectivity index (χ4v) is 1.45. The second-order valence-corrected chi connectivity index (χ2v) is 4.60. The third-order valence-electron chi connectivity index (χ3n) is 2.80. The van der Waals surface area contributed by atoms with Crippen molar-refractivity contribution in [2.75, 3.05) is 13.7 Å². The molecule has 0 bridgehead atoms. The maximum atomic E-state index is 13.5. The Morgan fingerprint density at radius 1 is 1.39 bits per heavy atom. The van der Waals surface area contributed by atoms with Crippen LogP contribution in [-0.4, -0.2) is 29.7 Å². The lowest BCUT2D eigenvalue weighted by Crippen LogP contribution is -2.25. The van der Waals surface area contributed by atoms with E-state index < -0.39 is 0 Å². The van der Waals surface area contributed by atoms with Gasteiger partial charge in [-0.25, -0.2) is 4.39 Å². The lowest BCUT2D eigenvalue weighted by Gasteiger charge is -2.21. The first-order valence-electron chi connectivity index (χ1n) is 6.13. The fourth-order valence-electron chi connectivity index (χ4n) is 1.45. The predicted octanol–water partition coefficient (Wildman–Crippen LogP) is 2.40. The summed E-state index contributed by atoms with van der Waals surface area (Å²) in [5.41, 5.74) is 1.44. The smallest absolute Gasteiger partial charge is 0.138 e. The molecule has 0 radical (unpaired) electrons. The molecule has 0 saturated carbocycles. The van der Waals surface area contributed by atoms with E-state index in [4.69, 9.17) is 5.11 Å². The molecular weight excluding hydrogens is 229 g/mol. The van der Waals surface area contributed by atoms with Crippen molar-refractivity contribution < 1.29 is 9.50 Å². The zero-order chi connectivity index (χ0) is 13.5. The van der Waals surface area contributed by atoms with Gasteiger partial charge in [-0.3, -0.25) is 4.90 Å². The average molecular weight is 249 g/mol. The average Bonchev–Trinajstić information content (AvgIpc) is 2.33. The van der Waals surface area contributed by atoms with Gasteiger partial charge < -0.3 is 5.11 Å². The standard InChI is InChI=1S/C15H20FNO/c1-12(2)17(3)11-13-7-8-15(16)14(10-13)6-4-5-9-18/h7-8,10,12,18H,5,9,11H2,1-3H3. The van der Waals surface area contributed by atoms with Crippen molar-refractivity contribution in [3.05, 3.63) is 35.1 Å². The summed E-state index contributed by atoms with van der Waals surface area (Å²) in [7, 11) is 2.03. The Bertz CT molecular complexity index is 446. The summed E-state index contributed by atoms with van der Waals surface area (Å²) in [4.78, 5) is 2.18. The molecule has 0 atom stereocenters. The van der Waals surface area contributed by atoms with Crippen LogP contribution in [0.15, 0.2) is 18.2 Å². The molecule has 0 saturated heterocycles. The lowest BCUT2D eigenvalue weighted by atomic mass is 10.1. The van der Waals surface area contributed by atoms with Crippen LogP contribution in [0.25, 0.3) is 0 Å². The van der Waals surface area contributed by atoms with Crippen molar-refractivity contribution in [1.29, 1.82) is 0 Å². The molecule has 1 aromatic carbocycles. The topological polar surface area (TPSA) is 23.5 Å². The van der Waals surface area contributed by atoms with Gasteiger partial charge in [0.05, 0.1) is 12.2 Å². The summed E-state index contributed by atoms with van der Waals surface area (Å²) in [5, 5.41) is 8.65. The van der Waals surface area contributed by atoms with Crippen molar-refractivity contribution in [2.45, 2.75) is 32.9 Å². The van der Waals surface area contributed by atoms with E-state index in [2.05, 4.69) is 30.6 Å². The van der Waals surface area contributed by atoms with Crippen molar-refractivity contribution >= 4 is 0 Å². The normalized spacial score (nSPS) is 10.6. The second-order valence-electron chi connectivity index (χ2n) is 4.60. The summed E-state index contributed by atoms with van der Waals surface area (Å²) in [6, 6.07) is 5.45. The molecule has 18 heavy (non-hydrogen) atoms. The number of aliphatic hydroxyl groups is 1. The van der Waals surface area contributed by atoms with Crippen LogP contribution < -0.4 is 0 Å². The van der Waals surface area contributed by atoms with Gasteiger partial charge in [0.1, 0.15) is 5.82 Å². The SMILES string of the molecule is CC(C)N(C)Cc1ccc(F)c(C#CCCO)c1. The minimum atomic E-state index is -0.309. The van der Waals surface area contributed by atoms with Crippen LogP contribution >= 0.6 is 0 Å². The summed E-state index contributed by atoms with van der Waals surface area (Å²) in [6.45, 7) is 5.01. The number of nitrogens with zero attached hydrogens (tertiary/aromatic N) is 1. The number of benzene rings is 1. The van der Waals surface area contributed by atoms with Gasteiger partial charge >= 0.3 is 0 Å². The third kappa shape index (κ3) is 4.48. The number of hydrogen-bond acceptors (Lipinski definition) is 2. The lowest BCUT2D eigenvalue weighted by molar-refractivity contribution is 0.265. The molecular formula is C15H20FNO. The Labute approximate surface area is 108 Å². The second kappa shape index (κ2) is 7.15. The molecule has 0 aliphatic rings. The molecule has 0 unspecified atom stereocenters. The van der Waals surface area contributed by atoms with Crippen LogP contribution in [0.5, 0.6) is 0 Å². The highest BCUT2D eigenvalue weighted by Crippen LogP contribution is 2.12. The van der Waals surface area contributed by atoms with Gasteiger partial charge in [-0.15, -0.1) is 0 Å². The summed E-state index contributed by atoms with van der Waals surface area (Å²) in [5.74, 6) is 5.19. The Morgan fingerprint density at radius 2 is 2.11 bits per heavy atom. The van der Waals surface area contributed by atoms with Gasteiger partial charge in [-0.05, 0) is 38.6 Å². The minimum absolute atomic E-state index is 0.00436. The van der Waals surface area contributed by atoms with Crippen LogP contribution in [0.2, 0.25) is 0 Å². The van der Waals surface area contributed by atoms with E-state index in [0.717, 1.165) is 12.1 Å². The van der Waals surface area contributed by atoms with E-state index in [9.17, 15) is 4.39 Å². The fraction of sp³-hybridized carbons (Fsp3) is 0.467. The largest absolute Gasteiger partial charge is 0.395 e. The molecule has 1 rings (SSSR count). The maximum Gasteiger partial charge on any atom is 0.138 e. The summed E-state index contributed by atoms with van der Waals surface area (Å²) < 4.78 is 13.5. The third-order valence-corrected chi connectivity index (χ3v) is 2.80. The van der Waals surface area contributed by atoms with Crippen molar-refractivity contribution in [2.24, 2.45) is 0 Å². The van der Waals surface area contributed by atoms with Crippen LogP contribution in [0.1, 0.15) is 31.4 Å². The minimum Gasteiger partial charge on any atom is -0.395 e. The number of aliphatic hydroxyl groups excluding tert-OH is 1. The number of halogens is 1. The Morgan fingerprint density at radius 3 is 2.72 bits per heavy atom. The first kappa shape index (κ1) is 14.7. The van der Waals surface area contributed by atoms with Crippen LogP contribution in [0, 0.1) is 17.7 Å². The monoisotopic (exact) mass is 249 g/mol. The molecule has 0 aromatic heterocycles. The first-order valence-corrected chi connectivity index (χ1v) is 6.13. The maximum absolute atomic E-state index is 13.5. The molecule has 1 aromatic rings. The molecule has 0 aliphatic heterocycles. The Balaban J connectivity index is 2.84. The van der Waals surface area contributed by atoms with Gasteiger partial charge in [-0.1, -0.05) is 17.9 Å². The van der Waals surface area contributed by atoms with Gasteiger partial charge in [-0.2, -0.15) is 0 Å². The molecule has 0 aliphatic carbocycles. The molecule has 0 heterocycles. The molecule has 0 amide bonds. The van der Waals surface area contributed by atoms with E-state index in [1.807, 2.05) is 7.05 Å². The van der Waals surface area contributed by atoms with Crippen molar-refractivity contribution in [3.63, 3.8) is 0 Å². The van der Waals surface area contributed by atoms with Crippen molar-refractivity contribution in [1.82, 2.24) is 4.90 Å². The highest BCUT2D eigenvalue weighted by Gasteiger charge is 2.06. The van der Waals surface area contributed by atoms with Crippen molar-refractivity contribution in [3.8, 4) is 11.8 Å². The molecule has 0 spiro atoms. The van der Waals surface area contributed by atoms with E-state index in [0.29, 0.717) is 18.0 Å². The zero-order valence-corrected chi connectivity index (χ0v) is 11.2. The van der Waals surface area contributed by atoms with E-state index in [1.54, 1.807) is 12.1 Å². The highest BCUT2D eigenvalue weighted by atomic mass is 19.1. The number of rotatable bonds is 4. The number of hydrogen-bond donors (Lipinski definition) is 1. The Kier molecular flexibility index (Phi) is 5.84. The molecule has 1 N–H and O–H groups in total. The first-order chi connectivity index (χ1) is 8.54. The van der Waals surface area contributed by atoms with Crippen LogP contribution in [0.3, 0.4) is 0 Å². The molecule has 0 fully saturated rings. The predicted molar refractivity (Wildman–Crippen MR) is 71.6 cm³/mol. The van der Waals surface area contributed by atoms with Gasteiger partial charge in [0.15, 0.2) is 0 Å². The summed E-state index contributed by atoms with van der Waals surface area (Å²) >= 11 is 0. The quantitative estimate of drug-likeness (QED) is 0.828. The van der Waals surface area contributed by atoms with E-state index in [-0.39, 0.29) is 12.4 Å². The highest BCUT2D eigenvalue weighted by molar-refractivity contribution is 5.38. The van der Waals surface area contributed by atoms with Gasteiger partial charge in [0.2, 0.25) is 0 Å². The zero-order valence-electron chi connectivity index (χ0n) is 11.2. The van der Waals surface area contributed by atoms with Gasteiger partial charge in [0, 0.05) is 19.0 Å². The molecule has 98 valence electrons. The van der Waals surface area contributed by atoms with E-state index >= 15 is 0 Å². The summed E-state index contributed by atoms with van der Waals surface area (Å²) in [6.07, 6.45) is 0.371. The Hall–Kier alpha value is -1.37.